The van der Waals surface area contributed by atoms with Gasteiger partial charge in [0.15, 0.2) is 0 Å². The molecule has 0 bridgehead atoms. The molecular formula is C19H17ClN2O3S. The standard InChI is InChI=1S/C19H17ClN2O3S/c1-26-11-10-16(17(23)21-15-9-5-4-8-14(15)20)22-18(24)12-6-2-3-7-13(12)19(22)25/h2-9,16H,10-11H2,1H3,(H,21,23). The molecule has 5 nitrogen and oxygen atoms in total. The molecule has 0 radical (unpaired) electrons. The molecule has 2 aromatic rings. The minimum atomic E-state index is -0.897. The molecule has 0 aliphatic carbocycles. The van der Waals surface area contributed by atoms with Gasteiger partial charge in [-0.2, -0.15) is 11.8 Å². The Labute approximate surface area is 160 Å². The Morgan fingerprint density at radius 2 is 1.65 bits per heavy atom. The molecule has 0 aromatic heterocycles. The average molecular weight is 389 g/mol. The van der Waals surface area contributed by atoms with Crippen LogP contribution in [0.3, 0.4) is 0 Å². The van der Waals surface area contributed by atoms with Gasteiger partial charge >= 0.3 is 0 Å². The second-order valence-electron chi connectivity index (χ2n) is 5.79. The van der Waals surface area contributed by atoms with E-state index in [0.717, 1.165) is 4.90 Å². The molecule has 26 heavy (non-hydrogen) atoms. The molecule has 1 aliphatic heterocycles. The van der Waals surface area contributed by atoms with Crippen LogP contribution in [-0.4, -0.2) is 40.7 Å². The summed E-state index contributed by atoms with van der Waals surface area (Å²) in [6.07, 6.45) is 2.27. The summed E-state index contributed by atoms with van der Waals surface area (Å²) in [5, 5.41) is 3.13. The van der Waals surface area contributed by atoms with Crippen molar-refractivity contribution in [2.45, 2.75) is 12.5 Å². The highest BCUT2D eigenvalue weighted by Gasteiger charge is 2.42. The van der Waals surface area contributed by atoms with E-state index >= 15 is 0 Å². The Balaban J connectivity index is 1.89. The average Bonchev–Trinajstić information content (AvgIpc) is 2.89. The van der Waals surface area contributed by atoms with Crippen molar-refractivity contribution < 1.29 is 14.4 Å². The zero-order chi connectivity index (χ0) is 18.7. The van der Waals surface area contributed by atoms with E-state index in [-0.39, 0.29) is 0 Å². The van der Waals surface area contributed by atoms with Crippen LogP contribution in [0.1, 0.15) is 27.1 Å². The molecule has 3 rings (SSSR count). The SMILES string of the molecule is CSCCC(C(=O)Nc1ccccc1Cl)N1C(=O)c2ccccc2C1=O. The van der Waals surface area contributed by atoms with Crippen LogP contribution in [0.5, 0.6) is 0 Å². The Morgan fingerprint density at radius 1 is 1.08 bits per heavy atom. The summed E-state index contributed by atoms with van der Waals surface area (Å²) in [6, 6.07) is 12.6. The largest absolute Gasteiger partial charge is 0.323 e. The summed E-state index contributed by atoms with van der Waals surface area (Å²) < 4.78 is 0. The number of anilines is 1. The van der Waals surface area contributed by atoms with Crippen LogP contribution in [-0.2, 0) is 4.79 Å². The maximum absolute atomic E-state index is 12.9. The van der Waals surface area contributed by atoms with Crippen molar-refractivity contribution >= 4 is 46.8 Å². The first-order chi connectivity index (χ1) is 12.5. The number of hydrogen-bond donors (Lipinski definition) is 1. The maximum atomic E-state index is 12.9. The Morgan fingerprint density at radius 3 is 2.23 bits per heavy atom. The Hall–Kier alpha value is -2.31. The third-order valence-electron chi connectivity index (χ3n) is 4.17. The van der Waals surface area contributed by atoms with E-state index in [9.17, 15) is 14.4 Å². The molecule has 1 N–H and O–H groups in total. The first-order valence-electron chi connectivity index (χ1n) is 8.06. The van der Waals surface area contributed by atoms with Crippen LogP contribution in [0.2, 0.25) is 5.02 Å². The molecule has 7 heteroatoms. The van der Waals surface area contributed by atoms with Crippen molar-refractivity contribution in [2.24, 2.45) is 0 Å². The number of rotatable bonds is 6. The molecule has 1 heterocycles. The highest BCUT2D eigenvalue weighted by Crippen LogP contribution is 2.27. The number of amides is 3. The highest BCUT2D eigenvalue weighted by molar-refractivity contribution is 7.98. The van der Waals surface area contributed by atoms with E-state index < -0.39 is 23.8 Å². The number of carbonyl (C=O) groups excluding carboxylic acids is 3. The molecule has 0 saturated heterocycles. The van der Waals surface area contributed by atoms with E-state index in [4.69, 9.17) is 11.6 Å². The second-order valence-corrected chi connectivity index (χ2v) is 7.19. The van der Waals surface area contributed by atoms with Gasteiger partial charge in [-0.25, -0.2) is 0 Å². The Bertz CT molecular complexity index is 836. The number of fused-ring (bicyclic) bond motifs is 1. The van der Waals surface area contributed by atoms with Gasteiger partial charge in [0.2, 0.25) is 5.91 Å². The van der Waals surface area contributed by atoms with Crippen molar-refractivity contribution in [3.05, 3.63) is 64.7 Å². The van der Waals surface area contributed by atoms with E-state index in [1.54, 1.807) is 60.3 Å². The van der Waals surface area contributed by atoms with Crippen LogP contribution in [0.25, 0.3) is 0 Å². The van der Waals surface area contributed by atoms with Crippen molar-refractivity contribution in [3.63, 3.8) is 0 Å². The zero-order valence-electron chi connectivity index (χ0n) is 14.1. The summed E-state index contributed by atoms with van der Waals surface area (Å²) >= 11 is 7.65. The fourth-order valence-corrected chi connectivity index (χ4v) is 3.52. The number of imide groups is 1. The molecule has 1 atom stereocenters. The molecule has 1 aliphatic rings. The van der Waals surface area contributed by atoms with Crippen LogP contribution < -0.4 is 5.32 Å². The number of para-hydroxylation sites is 1. The molecule has 0 saturated carbocycles. The lowest BCUT2D eigenvalue weighted by atomic mass is 10.1. The second kappa shape index (κ2) is 7.93. The molecule has 3 amide bonds. The van der Waals surface area contributed by atoms with Gasteiger partial charge in [0.05, 0.1) is 21.8 Å². The topological polar surface area (TPSA) is 66.5 Å². The third kappa shape index (κ3) is 3.48. The molecule has 0 fully saturated rings. The lowest BCUT2D eigenvalue weighted by Crippen LogP contribution is -2.47. The predicted octanol–water partition coefficient (Wildman–Crippen LogP) is 3.70. The van der Waals surface area contributed by atoms with Gasteiger partial charge in [0.1, 0.15) is 6.04 Å². The van der Waals surface area contributed by atoms with Crippen molar-refractivity contribution in [1.29, 1.82) is 0 Å². The minimum Gasteiger partial charge on any atom is -0.323 e. The van der Waals surface area contributed by atoms with Gasteiger partial charge < -0.3 is 5.32 Å². The summed E-state index contributed by atoms with van der Waals surface area (Å²) in [7, 11) is 0. The van der Waals surface area contributed by atoms with Gasteiger partial charge in [0, 0.05) is 0 Å². The highest BCUT2D eigenvalue weighted by atomic mass is 35.5. The zero-order valence-corrected chi connectivity index (χ0v) is 15.6. The van der Waals surface area contributed by atoms with Gasteiger partial charge in [-0.3, -0.25) is 19.3 Å². The van der Waals surface area contributed by atoms with Gasteiger partial charge in [0.25, 0.3) is 11.8 Å². The van der Waals surface area contributed by atoms with E-state index in [0.29, 0.717) is 34.0 Å². The van der Waals surface area contributed by atoms with E-state index in [2.05, 4.69) is 5.32 Å². The van der Waals surface area contributed by atoms with E-state index in [1.807, 2.05) is 6.26 Å². The van der Waals surface area contributed by atoms with Crippen molar-refractivity contribution in [2.75, 3.05) is 17.3 Å². The lowest BCUT2D eigenvalue weighted by molar-refractivity contribution is -0.120. The third-order valence-corrected chi connectivity index (χ3v) is 5.14. The van der Waals surface area contributed by atoms with Crippen LogP contribution in [0, 0.1) is 0 Å². The van der Waals surface area contributed by atoms with Gasteiger partial charge in [-0.1, -0.05) is 35.9 Å². The maximum Gasteiger partial charge on any atom is 0.262 e. The Kier molecular flexibility index (Phi) is 5.64. The quantitative estimate of drug-likeness (QED) is 0.766. The van der Waals surface area contributed by atoms with Crippen LogP contribution in [0.15, 0.2) is 48.5 Å². The van der Waals surface area contributed by atoms with Crippen LogP contribution >= 0.6 is 23.4 Å². The summed E-state index contributed by atoms with van der Waals surface area (Å²) in [5.41, 5.74) is 1.11. The first kappa shape index (κ1) is 18.5. The molecule has 1 unspecified atom stereocenters. The number of thioether (sulfide) groups is 1. The van der Waals surface area contributed by atoms with Crippen molar-refractivity contribution in [3.8, 4) is 0 Å². The van der Waals surface area contributed by atoms with Gasteiger partial charge in [-0.15, -0.1) is 0 Å². The summed E-state index contributed by atoms with van der Waals surface area (Å²) in [6.45, 7) is 0. The summed E-state index contributed by atoms with van der Waals surface area (Å²) in [4.78, 5) is 39.4. The van der Waals surface area contributed by atoms with E-state index in [1.165, 1.54) is 0 Å². The first-order valence-corrected chi connectivity index (χ1v) is 9.83. The molecule has 0 spiro atoms. The minimum absolute atomic E-state index is 0.331. The number of halogens is 1. The van der Waals surface area contributed by atoms with Crippen molar-refractivity contribution in [1.82, 2.24) is 4.90 Å². The normalized spacial score (nSPS) is 14.3. The number of nitrogens with zero attached hydrogens (tertiary/aromatic N) is 1. The molecule has 134 valence electrons. The predicted molar refractivity (Wildman–Crippen MR) is 104 cm³/mol. The smallest absolute Gasteiger partial charge is 0.262 e. The number of carbonyl (C=O) groups is 3. The van der Waals surface area contributed by atoms with Gasteiger partial charge in [-0.05, 0) is 42.7 Å². The fourth-order valence-electron chi connectivity index (χ4n) is 2.88. The summed E-state index contributed by atoms with van der Waals surface area (Å²) in [5.74, 6) is -0.674. The van der Waals surface area contributed by atoms with Crippen LogP contribution in [0.4, 0.5) is 5.69 Å². The number of nitrogens with one attached hydrogen (secondary N) is 1. The molecular weight excluding hydrogens is 372 g/mol. The number of benzene rings is 2. The fraction of sp³-hybridized carbons (Fsp3) is 0.211. The molecule has 2 aromatic carbocycles. The lowest BCUT2D eigenvalue weighted by Gasteiger charge is -2.25. The number of hydrogen-bond acceptors (Lipinski definition) is 4. The monoisotopic (exact) mass is 388 g/mol.